The summed E-state index contributed by atoms with van der Waals surface area (Å²) in [5.41, 5.74) is 0. The fourth-order valence-electron chi connectivity index (χ4n) is 1.52. The van der Waals surface area contributed by atoms with Gasteiger partial charge in [0.2, 0.25) is 0 Å². The number of nitrogens with zero attached hydrogens (tertiary/aromatic N) is 1. The van der Waals surface area contributed by atoms with Gasteiger partial charge in [0.05, 0.1) is 13.2 Å². The van der Waals surface area contributed by atoms with E-state index in [1.54, 1.807) is 0 Å². The Labute approximate surface area is 79.0 Å². The van der Waals surface area contributed by atoms with E-state index >= 15 is 0 Å². The summed E-state index contributed by atoms with van der Waals surface area (Å²) in [7, 11) is 0. The number of ether oxygens (including phenoxy) is 2. The summed E-state index contributed by atoms with van der Waals surface area (Å²) in [6.07, 6.45) is 1.90. The molecule has 0 unspecified atom stereocenters. The van der Waals surface area contributed by atoms with E-state index in [-0.39, 0.29) is 24.6 Å². The van der Waals surface area contributed by atoms with Crippen molar-refractivity contribution in [3.63, 3.8) is 0 Å². The average molecular weight is 149 g/mol. The van der Waals surface area contributed by atoms with Gasteiger partial charge in [-0.25, -0.2) is 0 Å². The zero-order chi connectivity index (χ0) is 6.86. The van der Waals surface area contributed by atoms with E-state index in [2.05, 4.69) is 5.32 Å². The molecule has 2 heterocycles. The van der Waals surface area contributed by atoms with Crippen molar-refractivity contribution < 1.29 is 28.3 Å². The summed E-state index contributed by atoms with van der Waals surface area (Å²) in [5.74, 6) is -0.220. The van der Waals surface area contributed by atoms with Gasteiger partial charge < -0.3 is 14.8 Å². The van der Waals surface area contributed by atoms with Crippen molar-refractivity contribution in [1.29, 1.82) is 0 Å². The van der Waals surface area contributed by atoms with Gasteiger partial charge in [-0.05, 0) is 12.8 Å². The maximum Gasteiger partial charge on any atom is 1.00 e. The number of rotatable bonds is 0. The minimum atomic E-state index is -0.220. The standard InChI is InChI=1S/C7H12NO2.Li/c1-3-8-4-2-7(1)9-5-6-10-7;/h1-6H2;/q-1;+1. The van der Waals surface area contributed by atoms with E-state index in [9.17, 15) is 0 Å². The molecule has 4 heteroatoms. The fraction of sp³-hybridized carbons (Fsp3) is 1.00. The number of piperidine rings is 1. The Kier molecular flexibility index (Phi) is 3.42. The first-order chi connectivity index (χ1) is 4.91. The van der Waals surface area contributed by atoms with Crippen LogP contribution in [0.5, 0.6) is 0 Å². The van der Waals surface area contributed by atoms with Gasteiger partial charge in [0.15, 0.2) is 5.79 Å². The molecule has 0 aromatic rings. The SMILES string of the molecule is C1CC2(CC[N-]1)OCCO2.[Li+]. The number of hydrogen-bond acceptors (Lipinski definition) is 2. The third-order valence-electron chi connectivity index (χ3n) is 2.12. The van der Waals surface area contributed by atoms with Crippen LogP contribution in [0.1, 0.15) is 12.8 Å². The van der Waals surface area contributed by atoms with Crippen LogP contribution in [0.2, 0.25) is 0 Å². The van der Waals surface area contributed by atoms with Crippen molar-refractivity contribution in [2.24, 2.45) is 0 Å². The minimum absolute atomic E-state index is 0. The van der Waals surface area contributed by atoms with Gasteiger partial charge in [-0.3, -0.25) is 0 Å². The van der Waals surface area contributed by atoms with Crippen LogP contribution in [-0.2, 0) is 9.47 Å². The molecule has 2 fully saturated rings. The van der Waals surface area contributed by atoms with Crippen LogP contribution in [0, 0.1) is 0 Å². The van der Waals surface area contributed by atoms with Crippen molar-refractivity contribution >= 4 is 0 Å². The predicted octanol–water partition coefficient (Wildman–Crippen LogP) is -2.10. The minimum Gasteiger partial charge on any atom is -0.662 e. The zero-order valence-electron chi connectivity index (χ0n) is 7.01. The van der Waals surface area contributed by atoms with Crippen LogP contribution < -0.4 is 18.9 Å². The van der Waals surface area contributed by atoms with Crippen molar-refractivity contribution in [1.82, 2.24) is 0 Å². The molecule has 3 nitrogen and oxygen atoms in total. The van der Waals surface area contributed by atoms with E-state index in [0.717, 1.165) is 39.1 Å². The summed E-state index contributed by atoms with van der Waals surface area (Å²) in [6, 6.07) is 0. The molecule has 0 saturated carbocycles. The Morgan fingerprint density at radius 3 is 2.09 bits per heavy atom. The third kappa shape index (κ3) is 1.98. The molecule has 58 valence electrons. The molecule has 1 spiro atoms. The quantitative estimate of drug-likeness (QED) is 0.370. The fourth-order valence-corrected chi connectivity index (χ4v) is 1.52. The first-order valence-corrected chi connectivity index (χ1v) is 3.83. The average Bonchev–Trinajstić information content (AvgIpc) is 2.39. The molecule has 0 radical (unpaired) electrons. The molecule has 2 rings (SSSR count). The van der Waals surface area contributed by atoms with Crippen molar-refractivity contribution in [3.8, 4) is 0 Å². The molecule has 2 saturated heterocycles. The predicted molar refractivity (Wildman–Crippen MR) is 37.0 cm³/mol. The molecular weight excluding hydrogens is 137 g/mol. The molecule has 0 aromatic carbocycles. The Morgan fingerprint density at radius 1 is 1.00 bits per heavy atom. The first kappa shape index (κ1) is 9.56. The summed E-state index contributed by atoms with van der Waals surface area (Å²) >= 11 is 0. The van der Waals surface area contributed by atoms with Gasteiger partial charge in [0.1, 0.15) is 0 Å². The smallest absolute Gasteiger partial charge is 0.662 e. The summed E-state index contributed by atoms with van der Waals surface area (Å²) < 4.78 is 11.0. The molecule has 0 bridgehead atoms. The zero-order valence-corrected chi connectivity index (χ0v) is 7.01. The van der Waals surface area contributed by atoms with Gasteiger partial charge >= 0.3 is 18.9 Å². The monoisotopic (exact) mass is 149 g/mol. The third-order valence-corrected chi connectivity index (χ3v) is 2.12. The van der Waals surface area contributed by atoms with Crippen LogP contribution in [0.3, 0.4) is 0 Å². The Hall–Kier alpha value is 0.477. The second-order valence-electron chi connectivity index (χ2n) is 2.78. The Bertz CT molecular complexity index is 118. The van der Waals surface area contributed by atoms with Crippen molar-refractivity contribution in [2.75, 3.05) is 26.3 Å². The second-order valence-corrected chi connectivity index (χ2v) is 2.78. The van der Waals surface area contributed by atoms with Crippen LogP contribution in [0.4, 0.5) is 0 Å². The molecule has 0 atom stereocenters. The molecule has 0 N–H and O–H groups in total. The summed E-state index contributed by atoms with van der Waals surface area (Å²) in [5, 5.41) is 4.24. The van der Waals surface area contributed by atoms with Gasteiger partial charge in [-0.2, -0.15) is 0 Å². The molecule has 2 aliphatic rings. The topological polar surface area (TPSA) is 32.6 Å². The maximum atomic E-state index is 5.50. The van der Waals surface area contributed by atoms with Gasteiger partial charge in [0, 0.05) is 0 Å². The maximum absolute atomic E-state index is 5.50. The summed E-state index contributed by atoms with van der Waals surface area (Å²) in [4.78, 5) is 0. The van der Waals surface area contributed by atoms with Crippen LogP contribution in [-0.4, -0.2) is 32.1 Å². The normalized spacial score (nSPS) is 28.4. The van der Waals surface area contributed by atoms with Crippen LogP contribution in [0.15, 0.2) is 0 Å². The second kappa shape index (κ2) is 3.93. The van der Waals surface area contributed by atoms with E-state index in [1.165, 1.54) is 0 Å². The molecular formula is C7H12LiNO2. The molecule has 0 amide bonds. The van der Waals surface area contributed by atoms with Crippen LogP contribution >= 0.6 is 0 Å². The number of hydrogen-bond donors (Lipinski definition) is 0. The molecule has 2 aliphatic heterocycles. The molecule has 11 heavy (non-hydrogen) atoms. The van der Waals surface area contributed by atoms with Crippen molar-refractivity contribution in [2.45, 2.75) is 18.6 Å². The summed E-state index contributed by atoms with van der Waals surface area (Å²) in [6.45, 7) is 3.33. The largest absolute Gasteiger partial charge is 1.00 e. The molecule has 0 aromatic heterocycles. The van der Waals surface area contributed by atoms with E-state index < -0.39 is 0 Å². The molecule has 0 aliphatic carbocycles. The van der Waals surface area contributed by atoms with Crippen LogP contribution in [0.25, 0.3) is 5.32 Å². The van der Waals surface area contributed by atoms with Gasteiger partial charge in [-0.1, -0.05) is 0 Å². The van der Waals surface area contributed by atoms with E-state index in [1.807, 2.05) is 0 Å². The first-order valence-electron chi connectivity index (χ1n) is 3.83. The Morgan fingerprint density at radius 2 is 1.55 bits per heavy atom. The van der Waals surface area contributed by atoms with Gasteiger partial charge in [-0.15, -0.1) is 13.1 Å². The van der Waals surface area contributed by atoms with Gasteiger partial charge in [0.25, 0.3) is 0 Å². The van der Waals surface area contributed by atoms with Crippen molar-refractivity contribution in [3.05, 3.63) is 5.32 Å². The van der Waals surface area contributed by atoms with E-state index in [0.29, 0.717) is 0 Å². The Balaban J connectivity index is 0.000000605. The van der Waals surface area contributed by atoms with E-state index in [4.69, 9.17) is 9.47 Å².